The monoisotopic (exact) mass is 402 g/mol. The van der Waals surface area contributed by atoms with Crippen molar-refractivity contribution in [2.75, 3.05) is 0 Å². The second-order valence-electron chi connectivity index (χ2n) is 8.60. The number of fused-ring (bicyclic) bond motifs is 5. The Hall–Kier alpha value is -3.92. The quantitative estimate of drug-likeness (QED) is 0.185. The SMILES string of the molecule is O=[N+]([O-])c1cccc2cccc(-c3ccc4c(c3)c3ccccc3n4C3C=C4C[C@H]43)c12. The summed E-state index contributed by atoms with van der Waals surface area (Å²) in [4.78, 5) is 11.4. The number of benzene rings is 4. The Kier molecular flexibility index (Phi) is 3.16. The Balaban J connectivity index is 1.52. The van der Waals surface area contributed by atoms with E-state index in [0.29, 0.717) is 17.3 Å². The maximum Gasteiger partial charge on any atom is 0.277 e. The summed E-state index contributed by atoms with van der Waals surface area (Å²) in [6.07, 6.45) is 3.63. The predicted molar refractivity (Wildman–Crippen MR) is 124 cm³/mol. The maximum absolute atomic E-state index is 11.7. The van der Waals surface area contributed by atoms with E-state index in [0.717, 1.165) is 16.5 Å². The minimum absolute atomic E-state index is 0.150. The summed E-state index contributed by atoms with van der Waals surface area (Å²) in [6, 6.07) is 26.7. The number of rotatable bonds is 3. The first-order chi connectivity index (χ1) is 15.2. The van der Waals surface area contributed by atoms with Crippen LogP contribution in [-0.2, 0) is 0 Å². The molecule has 4 nitrogen and oxygen atoms in total. The van der Waals surface area contributed by atoms with Crippen LogP contribution in [0.2, 0.25) is 0 Å². The number of allylic oxidation sites excluding steroid dienone is 2. The zero-order valence-corrected chi connectivity index (χ0v) is 16.7. The minimum atomic E-state index is -0.285. The average molecular weight is 402 g/mol. The fourth-order valence-electron chi connectivity index (χ4n) is 5.40. The molecule has 0 amide bonds. The summed E-state index contributed by atoms with van der Waals surface area (Å²) >= 11 is 0. The molecule has 1 fully saturated rings. The van der Waals surface area contributed by atoms with E-state index in [-0.39, 0.29) is 10.6 Å². The molecule has 2 aliphatic rings. The van der Waals surface area contributed by atoms with Crippen LogP contribution in [0.1, 0.15) is 12.5 Å². The normalized spacial score (nSPS) is 19.3. The molecule has 0 N–H and O–H groups in total. The average Bonchev–Trinajstić information content (AvgIpc) is 3.33. The molecule has 0 bridgehead atoms. The van der Waals surface area contributed by atoms with Gasteiger partial charge in [-0.2, -0.15) is 0 Å². The van der Waals surface area contributed by atoms with Crippen LogP contribution >= 0.6 is 0 Å². The van der Waals surface area contributed by atoms with Crippen LogP contribution in [-0.4, -0.2) is 9.49 Å². The van der Waals surface area contributed by atoms with Crippen LogP contribution in [0.25, 0.3) is 43.7 Å². The van der Waals surface area contributed by atoms with Crippen molar-refractivity contribution < 1.29 is 4.92 Å². The van der Waals surface area contributed by atoms with Crippen molar-refractivity contribution in [3.05, 3.63) is 101 Å². The number of nitrogens with zero attached hydrogens (tertiary/aromatic N) is 2. The molecule has 0 radical (unpaired) electrons. The molecule has 1 heterocycles. The summed E-state index contributed by atoms with van der Waals surface area (Å²) in [7, 11) is 0. The molecule has 148 valence electrons. The lowest BCUT2D eigenvalue weighted by Crippen LogP contribution is -2.13. The van der Waals surface area contributed by atoms with Crippen LogP contribution in [0.4, 0.5) is 5.69 Å². The van der Waals surface area contributed by atoms with E-state index in [2.05, 4.69) is 53.1 Å². The van der Waals surface area contributed by atoms with E-state index < -0.39 is 0 Å². The standard InChI is InChI=1S/C27H18N2O2/c30-29(31)25-10-4-6-16-5-3-8-19(27(16)25)17-11-12-24-22(13-17)20-7-1-2-9-23(20)28(24)26-15-18-14-21(18)26/h1-13,15,21,26H,14H2/t21-,26?/m1/s1. The summed E-state index contributed by atoms with van der Waals surface area (Å²) < 4.78 is 2.47. The third-order valence-corrected chi connectivity index (χ3v) is 6.97. The van der Waals surface area contributed by atoms with Gasteiger partial charge in [0.25, 0.3) is 5.69 Å². The van der Waals surface area contributed by atoms with Crippen molar-refractivity contribution in [1.29, 1.82) is 0 Å². The number of nitro benzene ring substituents is 1. The molecule has 4 heteroatoms. The molecule has 0 saturated heterocycles. The van der Waals surface area contributed by atoms with Gasteiger partial charge in [-0.15, -0.1) is 0 Å². The molecular formula is C27H18N2O2. The highest BCUT2D eigenvalue weighted by molar-refractivity contribution is 6.11. The second-order valence-corrected chi connectivity index (χ2v) is 8.60. The highest BCUT2D eigenvalue weighted by atomic mass is 16.6. The third-order valence-electron chi connectivity index (χ3n) is 6.97. The highest BCUT2D eigenvalue weighted by Gasteiger charge is 2.46. The van der Waals surface area contributed by atoms with Gasteiger partial charge in [0.2, 0.25) is 0 Å². The molecule has 0 aliphatic heterocycles. The lowest BCUT2D eigenvalue weighted by atomic mass is 9.96. The van der Waals surface area contributed by atoms with E-state index in [1.807, 2.05) is 24.3 Å². The van der Waals surface area contributed by atoms with Crippen molar-refractivity contribution in [3.8, 4) is 11.1 Å². The topological polar surface area (TPSA) is 48.1 Å². The first kappa shape index (κ1) is 16.8. The fourth-order valence-corrected chi connectivity index (χ4v) is 5.40. The molecule has 31 heavy (non-hydrogen) atoms. The molecule has 2 atom stereocenters. The Morgan fingerprint density at radius 1 is 0.871 bits per heavy atom. The van der Waals surface area contributed by atoms with Crippen LogP contribution in [0, 0.1) is 16.0 Å². The van der Waals surface area contributed by atoms with Gasteiger partial charge in [0.05, 0.1) is 16.4 Å². The number of aromatic nitrogens is 1. The van der Waals surface area contributed by atoms with Crippen LogP contribution in [0.15, 0.2) is 90.5 Å². The summed E-state index contributed by atoms with van der Waals surface area (Å²) in [5, 5.41) is 15.7. The Morgan fingerprint density at radius 2 is 1.68 bits per heavy atom. The zero-order chi connectivity index (χ0) is 20.7. The van der Waals surface area contributed by atoms with Crippen molar-refractivity contribution in [1.82, 2.24) is 4.57 Å². The second kappa shape index (κ2) is 5.82. The lowest BCUT2D eigenvalue weighted by Gasteiger charge is -2.22. The minimum Gasteiger partial charge on any atom is -0.333 e. The molecule has 1 aromatic heterocycles. The van der Waals surface area contributed by atoms with E-state index in [1.165, 1.54) is 28.2 Å². The van der Waals surface area contributed by atoms with Crippen LogP contribution in [0.3, 0.4) is 0 Å². The van der Waals surface area contributed by atoms with Crippen molar-refractivity contribution >= 4 is 38.3 Å². The summed E-state index contributed by atoms with van der Waals surface area (Å²) in [5.41, 5.74) is 6.13. The van der Waals surface area contributed by atoms with Gasteiger partial charge >= 0.3 is 0 Å². The Bertz CT molecular complexity index is 1600. The van der Waals surface area contributed by atoms with Gasteiger partial charge in [-0.1, -0.05) is 66.2 Å². The summed E-state index contributed by atoms with van der Waals surface area (Å²) in [5.74, 6) is 0.708. The smallest absolute Gasteiger partial charge is 0.277 e. The first-order valence-electron chi connectivity index (χ1n) is 10.6. The van der Waals surface area contributed by atoms with E-state index in [1.54, 1.807) is 17.7 Å². The van der Waals surface area contributed by atoms with Gasteiger partial charge in [-0.25, -0.2) is 0 Å². The Morgan fingerprint density at radius 3 is 2.45 bits per heavy atom. The Labute approximate surface area is 178 Å². The van der Waals surface area contributed by atoms with Crippen LogP contribution in [0.5, 0.6) is 0 Å². The molecule has 5 aromatic rings. The van der Waals surface area contributed by atoms with Gasteiger partial charge in [-0.3, -0.25) is 10.1 Å². The zero-order valence-electron chi connectivity index (χ0n) is 16.7. The molecule has 7 rings (SSSR count). The third kappa shape index (κ3) is 2.24. The number of hydrogen-bond acceptors (Lipinski definition) is 2. The van der Waals surface area contributed by atoms with E-state index in [9.17, 15) is 10.1 Å². The predicted octanol–water partition coefficient (Wildman–Crippen LogP) is 7.02. The van der Waals surface area contributed by atoms with E-state index in [4.69, 9.17) is 0 Å². The molecule has 4 aromatic carbocycles. The van der Waals surface area contributed by atoms with Gasteiger partial charge < -0.3 is 4.57 Å². The number of nitro groups is 1. The highest BCUT2D eigenvalue weighted by Crippen LogP contribution is 2.58. The molecule has 1 unspecified atom stereocenters. The molecular weight excluding hydrogens is 384 g/mol. The van der Waals surface area contributed by atoms with Gasteiger partial charge in [0, 0.05) is 33.8 Å². The molecule has 2 aliphatic carbocycles. The van der Waals surface area contributed by atoms with E-state index >= 15 is 0 Å². The first-order valence-corrected chi connectivity index (χ1v) is 10.6. The number of para-hydroxylation sites is 1. The molecule has 0 spiro atoms. The number of non-ortho nitro benzene ring substituents is 1. The van der Waals surface area contributed by atoms with Crippen molar-refractivity contribution in [3.63, 3.8) is 0 Å². The number of hydrogen-bond donors (Lipinski definition) is 0. The maximum atomic E-state index is 11.7. The summed E-state index contributed by atoms with van der Waals surface area (Å²) in [6.45, 7) is 0. The largest absolute Gasteiger partial charge is 0.333 e. The van der Waals surface area contributed by atoms with Gasteiger partial charge in [0.1, 0.15) is 0 Å². The van der Waals surface area contributed by atoms with Crippen molar-refractivity contribution in [2.24, 2.45) is 5.92 Å². The van der Waals surface area contributed by atoms with Gasteiger partial charge in [-0.05, 0) is 41.1 Å². The lowest BCUT2D eigenvalue weighted by molar-refractivity contribution is -0.383. The van der Waals surface area contributed by atoms with Crippen LogP contribution < -0.4 is 0 Å². The van der Waals surface area contributed by atoms with Gasteiger partial charge in [0.15, 0.2) is 0 Å². The fraction of sp³-hybridized carbons (Fsp3) is 0.111. The van der Waals surface area contributed by atoms with Crippen molar-refractivity contribution in [2.45, 2.75) is 12.5 Å². The molecule has 1 saturated carbocycles.